The molecule has 2 aromatic carbocycles. The van der Waals surface area contributed by atoms with Crippen LogP contribution in [0.15, 0.2) is 47.0 Å². The molecule has 0 bridgehead atoms. The average molecular weight is 485 g/mol. The Morgan fingerprint density at radius 2 is 1.82 bits per heavy atom. The van der Waals surface area contributed by atoms with Crippen molar-refractivity contribution in [2.24, 2.45) is 5.92 Å². The van der Waals surface area contributed by atoms with Gasteiger partial charge in [-0.2, -0.15) is 4.98 Å². The SMILES string of the molecule is COc1ccc(-c2noc(CN3CCC(C(=O)N(C)Cc4ccc(Cl)cc4)CC3)n2)cc1OC. The van der Waals surface area contributed by atoms with Crippen LogP contribution in [0.5, 0.6) is 11.5 Å². The molecule has 1 amide bonds. The number of hydrogen-bond acceptors (Lipinski definition) is 7. The minimum atomic E-state index is 0.0264. The van der Waals surface area contributed by atoms with Crippen molar-refractivity contribution >= 4 is 17.5 Å². The zero-order valence-corrected chi connectivity index (χ0v) is 20.4. The molecule has 3 aromatic rings. The van der Waals surface area contributed by atoms with Gasteiger partial charge in [-0.25, -0.2) is 0 Å². The van der Waals surface area contributed by atoms with Crippen molar-refractivity contribution in [3.8, 4) is 22.9 Å². The summed E-state index contributed by atoms with van der Waals surface area (Å²) in [6.07, 6.45) is 1.61. The number of ether oxygens (including phenoxy) is 2. The van der Waals surface area contributed by atoms with E-state index in [9.17, 15) is 4.79 Å². The van der Waals surface area contributed by atoms with Crippen molar-refractivity contribution < 1.29 is 18.8 Å². The van der Waals surface area contributed by atoms with E-state index in [1.807, 2.05) is 49.5 Å². The van der Waals surface area contributed by atoms with Crippen LogP contribution < -0.4 is 9.47 Å². The first-order valence-corrected chi connectivity index (χ1v) is 11.6. The molecule has 180 valence electrons. The van der Waals surface area contributed by atoms with E-state index >= 15 is 0 Å². The molecule has 0 spiro atoms. The van der Waals surface area contributed by atoms with E-state index in [0.29, 0.717) is 41.3 Å². The van der Waals surface area contributed by atoms with Gasteiger partial charge in [-0.15, -0.1) is 0 Å². The number of rotatable bonds is 8. The molecular formula is C25H29ClN4O4. The number of halogens is 1. The smallest absolute Gasteiger partial charge is 0.241 e. The molecule has 9 heteroatoms. The summed E-state index contributed by atoms with van der Waals surface area (Å²) in [6, 6.07) is 13.1. The highest BCUT2D eigenvalue weighted by atomic mass is 35.5. The summed E-state index contributed by atoms with van der Waals surface area (Å²) >= 11 is 5.95. The van der Waals surface area contributed by atoms with Crippen LogP contribution in [0.1, 0.15) is 24.3 Å². The number of hydrogen-bond donors (Lipinski definition) is 0. The molecule has 0 unspecified atom stereocenters. The molecule has 0 atom stereocenters. The lowest BCUT2D eigenvalue weighted by atomic mass is 9.95. The van der Waals surface area contributed by atoms with Crippen molar-refractivity contribution in [3.63, 3.8) is 0 Å². The summed E-state index contributed by atoms with van der Waals surface area (Å²) in [5.74, 6) is 2.52. The van der Waals surface area contributed by atoms with Crippen LogP contribution in [0.3, 0.4) is 0 Å². The van der Waals surface area contributed by atoms with Crippen LogP contribution in [0.2, 0.25) is 5.02 Å². The molecular weight excluding hydrogens is 456 g/mol. The van der Waals surface area contributed by atoms with Gasteiger partial charge in [0.2, 0.25) is 17.6 Å². The van der Waals surface area contributed by atoms with E-state index in [4.69, 9.17) is 25.6 Å². The third kappa shape index (κ3) is 5.69. The van der Waals surface area contributed by atoms with E-state index in [1.54, 1.807) is 19.1 Å². The third-order valence-electron chi connectivity index (χ3n) is 6.11. The van der Waals surface area contributed by atoms with Crippen LogP contribution in [-0.4, -0.2) is 60.2 Å². The summed E-state index contributed by atoms with van der Waals surface area (Å²) in [6.45, 7) is 2.75. The Labute approximate surface area is 204 Å². The first kappa shape index (κ1) is 24.0. The first-order chi connectivity index (χ1) is 16.5. The second-order valence-corrected chi connectivity index (χ2v) is 8.89. The third-order valence-corrected chi connectivity index (χ3v) is 6.37. The predicted molar refractivity (Wildman–Crippen MR) is 129 cm³/mol. The standard InChI is InChI=1S/C25H29ClN4O4/c1-29(15-17-4-7-20(26)8-5-17)25(31)18-10-12-30(13-11-18)16-23-27-24(28-34-23)19-6-9-21(32-2)22(14-19)33-3/h4-9,14,18H,10-13,15-16H2,1-3H3. The lowest BCUT2D eigenvalue weighted by molar-refractivity contribution is -0.136. The average Bonchev–Trinajstić information content (AvgIpc) is 3.33. The van der Waals surface area contributed by atoms with Gasteiger partial charge in [0.05, 0.1) is 20.8 Å². The maximum absolute atomic E-state index is 12.9. The Kier molecular flexibility index (Phi) is 7.70. The molecule has 0 radical (unpaired) electrons. The molecule has 0 saturated carbocycles. The fourth-order valence-electron chi connectivity index (χ4n) is 4.19. The molecule has 1 aliphatic heterocycles. The number of aromatic nitrogens is 2. The van der Waals surface area contributed by atoms with Crippen LogP contribution in [0.4, 0.5) is 0 Å². The Balaban J connectivity index is 1.29. The molecule has 34 heavy (non-hydrogen) atoms. The molecule has 1 aliphatic rings. The maximum Gasteiger partial charge on any atom is 0.241 e. The molecule has 0 N–H and O–H groups in total. The number of piperidine rings is 1. The monoisotopic (exact) mass is 484 g/mol. The topological polar surface area (TPSA) is 80.9 Å². The van der Waals surface area contributed by atoms with Gasteiger partial charge in [-0.05, 0) is 61.8 Å². The van der Waals surface area contributed by atoms with Gasteiger partial charge >= 0.3 is 0 Å². The fourth-order valence-corrected chi connectivity index (χ4v) is 4.32. The number of benzene rings is 2. The Hall–Kier alpha value is -3.10. The van der Waals surface area contributed by atoms with Crippen LogP contribution >= 0.6 is 11.6 Å². The number of nitrogens with zero attached hydrogens (tertiary/aromatic N) is 4. The van der Waals surface area contributed by atoms with E-state index in [1.165, 1.54) is 0 Å². The Morgan fingerprint density at radius 3 is 2.50 bits per heavy atom. The summed E-state index contributed by atoms with van der Waals surface area (Å²) in [7, 11) is 5.04. The van der Waals surface area contributed by atoms with Gasteiger partial charge < -0.3 is 18.9 Å². The molecule has 1 fully saturated rings. The van der Waals surface area contributed by atoms with E-state index in [0.717, 1.165) is 37.1 Å². The number of likely N-dealkylation sites (tertiary alicyclic amines) is 1. The Bertz CT molecular complexity index is 1110. The number of amides is 1. The highest BCUT2D eigenvalue weighted by Gasteiger charge is 2.28. The largest absolute Gasteiger partial charge is 0.493 e. The van der Waals surface area contributed by atoms with Crippen molar-refractivity contribution in [2.75, 3.05) is 34.4 Å². The molecule has 2 heterocycles. The second kappa shape index (κ2) is 10.9. The van der Waals surface area contributed by atoms with Gasteiger partial charge in [0.1, 0.15) is 0 Å². The zero-order valence-electron chi connectivity index (χ0n) is 19.7. The molecule has 0 aliphatic carbocycles. The summed E-state index contributed by atoms with van der Waals surface area (Å²) in [5, 5.41) is 4.81. The van der Waals surface area contributed by atoms with Gasteiger partial charge in [0.25, 0.3) is 0 Å². The second-order valence-electron chi connectivity index (χ2n) is 8.45. The minimum Gasteiger partial charge on any atom is -0.493 e. The van der Waals surface area contributed by atoms with Crippen molar-refractivity contribution in [1.29, 1.82) is 0 Å². The van der Waals surface area contributed by atoms with E-state index < -0.39 is 0 Å². The highest BCUT2D eigenvalue weighted by Crippen LogP contribution is 2.31. The number of carbonyl (C=O) groups excluding carboxylic acids is 1. The molecule has 1 saturated heterocycles. The normalized spacial score (nSPS) is 14.7. The molecule has 4 rings (SSSR count). The van der Waals surface area contributed by atoms with Crippen LogP contribution in [-0.2, 0) is 17.9 Å². The molecule has 1 aromatic heterocycles. The lowest BCUT2D eigenvalue weighted by Crippen LogP contribution is -2.40. The summed E-state index contributed by atoms with van der Waals surface area (Å²) in [4.78, 5) is 21.5. The zero-order chi connectivity index (χ0) is 24.1. The fraction of sp³-hybridized carbons (Fsp3) is 0.400. The van der Waals surface area contributed by atoms with Crippen LogP contribution in [0, 0.1) is 5.92 Å². The van der Waals surface area contributed by atoms with Crippen molar-refractivity contribution in [1.82, 2.24) is 19.9 Å². The lowest BCUT2D eigenvalue weighted by Gasteiger charge is -2.32. The Morgan fingerprint density at radius 1 is 1.12 bits per heavy atom. The predicted octanol–water partition coefficient (Wildman–Crippen LogP) is 4.28. The minimum absolute atomic E-state index is 0.0264. The maximum atomic E-state index is 12.9. The highest BCUT2D eigenvalue weighted by molar-refractivity contribution is 6.30. The van der Waals surface area contributed by atoms with Crippen molar-refractivity contribution in [3.05, 3.63) is 58.9 Å². The number of methoxy groups -OCH3 is 2. The molecule has 8 nitrogen and oxygen atoms in total. The van der Waals surface area contributed by atoms with E-state index in [-0.39, 0.29) is 11.8 Å². The summed E-state index contributed by atoms with van der Waals surface area (Å²) < 4.78 is 16.1. The first-order valence-electron chi connectivity index (χ1n) is 11.2. The van der Waals surface area contributed by atoms with Crippen molar-refractivity contribution in [2.45, 2.75) is 25.9 Å². The van der Waals surface area contributed by atoms with E-state index in [2.05, 4.69) is 15.0 Å². The quantitative estimate of drug-likeness (QED) is 0.472. The van der Waals surface area contributed by atoms with Crippen LogP contribution in [0.25, 0.3) is 11.4 Å². The van der Waals surface area contributed by atoms with Gasteiger partial charge in [0.15, 0.2) is 11.5 Å². The van der Waals surface area contributed by atoms with Gasteiger partial charge in [-0.3, -0.25) is 9.69 Å². The summed E-state index contributed by atoms with van der Waals surface area (Å²) in [5.41, 5.74) is 1.86. The van der Waals surface area contributed by atoms with Gasteiger partial charge in [-0.1, -0.05) is 28.9 Å². The number of carbonyl (C=O) groups is 1. The van der Waals surface area contributed by atoms with Gasteiger partial charge in [0, 0.05) is 30.1 Å².